The van der Waals surface area contributed by atoms with Crippen LogP contribution < -0.4 is 0 Å². The van der Waals surface area contributed by atoms with E-state index in [4.69, 9.17) is 0 Å². The van der Waals surface area contributed by atoms with Gasteiger partial charge >= 0.3 is 0 Å². The van der Waals surface area contributed by atoms with Gasteiger partial charge in [0.15, 0.2) is 0 Å². The maximum Gasteiger partial charge on any atom is 0.286 e. The zero-order valence-corrected chi connectivity index (χ0v) is 9.72. The van der Waals surface area contributed by atoms with Crippen molar-refractivity contribution < 1.29 is 10.0 Å². The SMILES string of the molecule is O=[N+]([O-])c1ccc2nc(-c3ccccc3)c(O)n2c1. The van der Waals surface area contributed by atoms with E-state index in [1.165, 1.54) is 22.7 Å². The molecule has 0 fully saturated rings. The number of hydrogen-bond acceptors (Lipinski definition) is 4. The topological polar surface area (TPSA) is 80.7 Å². The minimum Gasteiger partial charge on any atom is -0.493 e. The van der Waals surface area contributed by atoms with Crippen molar-refractivity contribution >= 4 is 11.3 Å². The Labute approximate surface area is 107 Å². The maximum absolute atomic E-state index is 10.7. The fourth-order valence-electron chi connectivity index (χ4n) is 1.92. The van der Waals surface area contributed by atoms with Crippen LogP contribution >= 0.6 is 0 Å². The second-order valence-electron chi connectivity index (χ2n) is 4.02. The van der Waals surface area contributed by atoms with Crippen LogP contribution in [-0.2, 0) is 0 Å². The van der Waals surface area contributed by atoms with Gasteiger partial charge in [0, 0.05) is 11.6 Å². The Hall–Kier alpha value is -2.89. The summed E-state index contributed by atoms with van der Waals surface area (Å²) in [7, 11) is 0. The lowest BCUT2D eigenvalue weighted by atomic mass is 10.2. The molecular formula is C13H9N3O3. The number of rotatable bonds is 2. The van der Waals surface area contributed by atoms with Gasteiger partial charge in [0.1, 0.15) is 11.3 Å². The molecule has 0 aliphatic carbocycles. The fourth-order valence-corrected chi connectivity index (χ4v) is 1.92. The Morgan fingerprint density at radius 3 is 2.58 bits per heavy atom. The molecule has 1 aromatic carbocycles. The monoisotopic (exact) mass is 255 g/mol. The molecule has 19 heavy (non-hydrogen) atoms. The molecule has 0 radical (unpaired) electrons. The molecule has 2 heterocycles. The standard InChI is InChI=1S/C13H9N3O3/c17-13-12(9-4-2-1-3-5-9)14-11-7-6-10(16(18)19)8-15(11)13/h1-8,17H. The summed E-state index contributed by atoms with van der Waals surface area (Å²) in [6.45, 7) is 0. The molecule has 0 bridgehead atoms. The summed E-state index contributed by atoms with van der Waals surface area (Å²) in [6, 6.07) is 12.0. The smallest absolute Gasteiger partial charge is 0.286 e. The summed E-state index contributed by atoms with van der Waals surface area (Å²) >= 11 is 0. The van der Waals surface area contributed by atoms with Crippen LogP contribution in [0.4, 0.5) is 5.69 Å². The van der Waals surface area contributed by atoms with Crippen LogP contribution in [0.1, 0.15) is 0 Å². The highest BCUT2D eigenvalue weighted by Crippen LogP contribution is 2.30. The van der Waals surface area contributed by atoms with E-state index in [9.17, 15) is 15.2 Å². The van der Waals surface area contributed by atoms with Gasteiger partial charge in [0.25, 0.3) is 5.69 Å². The number of fused-ring (bicyclic) bond motifs is 1. The molecule has 0 aliphatic rings. The van der Waals surface area contributed by atoms with Crippen LogP contribution in [0.5, 0.6) is 5.88 Å². The summed E-state index contributed by atoms with van der Waals surface area (Å²) in [4.78, 5) is 14.5. The molecular weight excluding hydrogens is 246 g/mol. The highest BCUT2D eigenvalue weighted by atomic mass is 16.6. The van der Waals surface area contributed by atoms with Crippen molar-refractivity contribution in [2.24, 2.45) is 0 Å². The van der Waals surface area contributed by atoms with Gasteiger partial charge in [-0.05, 0) is 6.07 Å². The summed E-state index contributed by atoms with van der Waals surface area (Å²) in [5.41, 5.74) is 1.52. The van der Waals surface area contributed by atoms with Gasteiger partial charge in [0.05, 0.1) is 11.1 Å². The zero-order valence-electron chi connectivity index (χ0n) is 9.72. The number of aromatic hydroxyl groups is 1. The third-order valence-corrected chi connectivity index (χ3v) is 2.84. The number of hydrogen-bond donors (Lipinski definition) is 1. The van der Waals surface area contributed by atoms with Crippen molar-refractivity contribution in [1.82, 2.24) is 9.38 Å². The van der Waals surface area contributed by atoms with Crippen molar-refractivity contribution in [3.05, 3.63) is 58.8 Å². The van der Waals surface area contributed by atoms with Crippen molar-refractivity contribution in [1.29, 1.82) is 0 Å². The molecule has 0 amide bonds. The van der Waals surface area contributed by atoms with Crippen LogP contribution in [0.15, 0.2) is 48.7 Å². The van der Waals surface area contributed by atoms with E-state index in [-0.39, 0.29) is 11.6 Å². The van der Waals surface area contributed by atoms with E-state index in [1.807, 2.05) is 30.3 Å². The lowest BCUT2D eigenvalue weighted by Crippen LogP contribution is -1.91. The van der Waals surface area contributed by atoms with Crippen molar-refractivity contribution in [2.75, 3.05) is 0 Å². The maximum atomic E-state index is 10.7. The van der Waals surface area contributed by atoms with E-state index in [0.717, 1.165) is 5.56 Å². The van der Waals surface area contributed by atoms with E-state index < -0.39 is 4.92 Å². The molecule has 0 aliphatic heterocycles. The Kier molecular flexibility index (Phi) is 2.42. The minimum absolute atomic E-state index is 0.0974. The second-order valence-corrected chi connectivity index (χ2v) is 4.02. The largest absolute Gasteiger partial charge is 0.493 e. The van der Waals surface area contributed by atoms with Crippen LogP contribution in [0, 0.1) is 10.1 Å². The van der Waals surface area contributed by atoms with Gasteiger partial charge in [-0.25, -0.2) is 4.98 Å². The third-order valence-electron chi connectivity index (χ3n) is 2.84. The molecule has 0 saturated heterocycles. The van der Waals surface area contributed by atoms with Gasteiger partial charge in [-0.1, -0.05) is 30.3 Å². The molecule has 94 valence electrons. The first kappa shape index (κ1) is 11.2. The Morgan fingerprint density at radius 1 is 1.16 bits per heavy atom. The Bertz CT molecular complexity index is 765. The highest BCUT2D eigenvalue weighted by Gasteiger charge is 2.15. The third kappa shape index (κ3) is 1.79. The Morgan fingerprint density at radius 2 is 1.89 bits per heavy atom. The molecule has 0 saturated carbocycles. The first-order valence-corrected chi connectivity index (χ1v) is 5.58. The average molecular weight is 255 g/mol. The van der Waals surface area contributed by atoms with Crippen molar-refractivity contribution in [3.63, 3.8) is 0 Å². The molecule has 3 rings (SSSR count). The summed E-state index contributed by atoms with van der Waals surface area (Å²) in [5, 5.41) is 20.8. The molecule has 6 nitrogen and oxygen atoms in total. The number of nitro groups is 1. The zero-order chi connectivity index (χ0) is 13.4. The summed E-state index contributed by atoms with van der Waals surface area (Å²) in [5.74, 6) is -0.107. The van der Waals surface area contributed by atoms with Crippen LogP contribution in [-0.4, -0.2) is 19.4 Å². The molecule has 1 N–H and O–H groups in total. The van der Waals surface area contributed by atoms with Crippen molar-refractivity contribution in [3.8, 4) is 17.1 Å². The van der Waals surface area contributed by atoms with E-state index in [0.29, 0.717) is 11.3 Å². The van der Waals surface area contributed by atoms with Crippen LogP contribution in [0.2, 0.25) is 0 Å². The second kappa shape index (κ2) is 4.09. The fraction of sp³-hybridized carbons (Fsp3) is 0. The number of pyridine rings is 1. The molecule has 3 aromatic rings. The van der Waals surface area contributed by atoms with Crippen LogP contribution in [0.25, 0.3) is 16.9 Å². The first-order chi connectivity index (χ1) is 9.16. The molecule has 6 heteroatoms. The molecule has 0 atom stereocenters. The van der Waals surface area contributed by atoms with Crippen LogP contribution in [0.3, 0.4) is 0 Å². The minimum atomic E-state index is -0.513. The van der Waals surface area contributed by atoms with Crippen molar-refractivity contribution in [2.45, 2.75) is 0 Å². The molecule has 2 aromatic heterocycles. The molecule has 0 unspecified atom stereocenters. The first-order valence-electron chi connectivity index (χ1n) is 5.58. The Balaban J connectivity index is 2.24. The lowest BCUT2D eigenvalue weighted by Gasteiger charge is -1.97. The van der Waals surface area contributed by atoms with Gasteiger partial charge in [-0.15, -0.1) is 0 Å². The van der Waals surface area contributed by atoms with Gasteiger partial charge < -0.3 is 5.11 Å². The van der Waals surface area contributed by atoms with Gasteiger partial charge in [-0.2, -0.15) is 0 Å². The number of nitrogens with zero attached hydrogens (tertiary/aromatic N) is 3. The lowest BCUT2D eigenvalue weighted by molar-refractivity contribution is -0.385. The highest BCUT2D eigenvalue weighted by molar-refractivity contribution is 5.69. The number of benzene rings is 1. The van der Waals surface area contributed by atoms with E-state index in [2.05, 4.69) is 4.98 Å². The predicted molar refractivity (Wildman–Crippen MR) is 68.9 cm³/mol. The van der Waals surface area contributed by atoms with Gasteiger partial charge in [-0.3, -0.25) is 14.5 Å². The predicted octanol–water partition coefficient (Wildman–Crippen LogP) is 2.62. The summed E-state index contributed by atoms with van der Waals surface area (Å²) in [6.07, 6.45) is 1.25. The number of aromatic nitrogens is 2. The van der Waals surface area contributed by atoms with E-state index >= 15 is 0 Å². The normalized spacial score (nSPS) is 10.7. The quantitative estimate of drug-likeness (QED) is 0.563. The molecule has 0 spiro atoms. The summed E-state index contributed by atoms with van der Waals surface area (Å²) < 4.78 is 1.31. The number of imidazole rings is 1. The van der Waals surface area contributed by atoms with Gasteiger partial charge in [0.2, 0.25) is 5.88 Å². The average Bonchev–Trinajstić information content (AvgIpc) is 2.77. The van der Waals surface area contributed by atoms with E-state index in [1.54, 1.807) is 0 Å².